The molecule has 1 saturated carbocycles. The molecule has 18 heavy (non-hydrogen) atoms. The molecule has 1 aliphatic rings. The molecule has 0 heterocycles. The minimum Gasteiger partial charge on any atom is -0.375 e. The van der Waals surface area contributed by atoms with E-state index in [4.69, 9.17) is 28.9 Å². The van der Waals surface area contributed by atoms with Crippen molar-refractivity contribution in [2.24, 2.45) is 11.7 Å². The fraction of sp³-hybridized carbons (Fsp3) is 0.455. The number of hydrogen-bond acceptors (Lipinski definition) is 4. The zero-order valence-corrected chi connectivity index (χ0v) is 11.0. The molecule has 1 fully saturated rings. The molecular weight excluding hydrogens is 277 g/mol. The fourth-order valence-corrected chi connectivity index (χ4v) is 2.19. The summed E-state index contributed by atoms with van der Waals surface area (Å²) in [5.41, 5.74) is 5.96. The monoisotopic (exact) mass is 289 g/mol. The van der Waals surface area contributed by atoms with E-state index in [1.165, 1.54) is 12.1 Å². The molecule has 0 saturated heterocycles. The van der Waals surface area contributed by atoms with Gasteiger partial charge in [-0.1, -0.05) is 23.2 Å². The van der Waals surface area contributed by atoms with Crippen molar-refractivity contribution in [1.82, 2.24) is 0 Å². The Morgan fingerprint density at radius 2 is 2.06 bits per heavy atom. The Balaban J connectivity index is 2.29. The normalized spacial score (nSPS) is 16.4. The quantitative estimate of drug-likeness (QED) is 0.645. The Kier molecular flexibility index (Phi) is 3.94. The van der Waals surface area contributed by atoms with Gasteiger partial charge in [0.2, 0.25) is 0 Å². The summed E-state index contributed by atoms with van der Waals surface area (Å²) in [5, 5.41) is 14.5. The van der Waals surface area contributed by atoms with E-state index in [1.54, 1.807) is 0 Å². The first-order chi connectivity index (χ1) is 8.52. The SMILES string of the molecule is NCC(Nc1cc(Cl)c(Cl)cc1[N+](=O)[O-])C1CC1. The Hall–Kier alpha value is -1.04. The highest BCUT2D eigenvalue weighted by Crippen LogP contribution is 2.38. The zero-order valence-electron chi connectivity index (χ0n) is 9.53. The minimum absolute atomic E-state index is 0.0425. The molecule has 0 bridgehead atoms. The van der Waals surface area contributed by atoms with Gasteiger partial charge in [-0.05, 0) is 24.8 Å². The summed E-state index contributed by atoms with van der Waals surface area (Å²) < 4.78 is 0. The molecule has 1 unspecified atom stereocenters. The predicted octanol–water partition coefficient (Wildman–Crippen LogP) is 3.05. The Morgan fingerprint density at radius 3 is 2.56 bits per heavy atom. The molecule has 5 nitrogen and oxygen atoms in total. The van der Waals surface area contributed by atoms with Gasteiger partial charge in [0.1, 0.15) is 5.69 Å². The molecule has 1 aromatic rings. The largest absolute Gasteiger partial charge is 0.375 e. The number of nitro benzene ring substituents is 1. The second kappa shape index (κ2) is 5.30. The van der Waals surface area contributed by atoms with Gasteiger partial charge in [0.05, 0.1) is 15.0 Å². The van der Waals surface area contributed by atoms with E-state index in [0.717, 1.165) is 12.8 Å². The van der Waals surface area contributed by atoms with Crippen molar-refractivity contribution < 1.29 is 4.92 Å². The Bertz CT molecular complexity index is 478. The molecule has 7 heteroatoms. The first kappa shape index (κ1) is 13.4. The van der Waals surface area contributed by atoms with Gasteiger partial charge in [-0.15, -0.1) is 0 Å². The van der Waals surface area contributed by atoms with Crippen LogP contribution < -0.4 is 11.1 Å². The van der Waals surface area contributed by atoms with Gasteiger partial charge in [0.25, 0.3) is 5.69 Å². The second-order valence-corrected chi connectivity index (χ2v) is 5.18. The molecule has 3 N–H and O–H groups in total. The number of benzene rings is 1. The first-order valence-electron chi connectivity index (χ1n) is 5.63. The second-order valence-electron chi connectivity index (χ2n) is 4.36. The lowest BCUT2D eigenvalue weighted by Crippen LogP contribution is -2.31. The summed E-state index contributed by atoms with van der Waals surface area (Å²) in [7, 11) is 0. The van der Waals surface area contributed by atoms with Crippen LogP contribution in [-0.2, 0) is 0 Å². The third-order valence-corrected chi connectivity index (χ3v) is 3.74. The topological polar surface area (TPSA) is 81.2 Å². The van der Waals surface area contributed by atoms with Gasteiger partial charge < -0.3 is 11.1 Å². The van der Waals surface area contributed by atoms with Crippen molar-refractivity contribution in [2.75, 3.05) is 11.9 Å². The van der Waals surface area contributed by atoms with Gasteiger partial charge >= 0.3 is 0 Å². The maximum Gasteiger partial charge on any atom is 0.293 e. The highest BCUT2D eigenvalue weighted by atomic mass is 35.5. The highest BCUT2D eigenvalue weighted by molar-refractivity contribution is 6.42. The van der Waals surface area contributed by atoms with Gasteiger partial charge in [0, 0.05) is 18.7 Å². The summed E-state index contributed by atoms with van der Waals surface area (Å²) in [5.74, 6) is 0.490. The first-order valence-corrected chi connectivity index (χ1v) is 6.38. The molecular formula is C11H13Cl2N3O2. The van der Waals surface area contributed by atoms with Gasteiger partial charge in [-0.3, -0.25) is 10.1 Å². The third kappa shape index (κ3) is 2.85. The molecule has 1 atom stereocenters. The van der Waals surface area contributed by atoms with Crippen LogP contribution in [0.5, 0.6) is 0 Å². The third-order valence-electron chi connectivity index (χ3n) is 3.02. The van der Waals surface area contributed by atoms with Gasteiger partial charge in [0.15, 0.2) is 0 Å². The van der Waals surface area contributed by atoms with Crippen LogP contribution in [0.3, 0.4) is 0 Å². The number of rotatable bonds is 5. The molecule has 2 rings (SSSR count). The van der Waals surface area contributed by atoms with E-state index in [-0.39, 0.29) is 21.8 Å². The molecule has 0 radical (unpaired) electrons. The summed E-state index contributed by atoms with van der Waals surface area (Å²) >= 11 is 11.7. The van der Waals surface area contributed by atoms with Crippen molar-refractivity contribution in [2.45, 2.75) is 18.9 Å². The zero-order chi connectivity index (χ0) is 13.3. The lowest BCUT2D eigenvalue weighted by molar-refractivity contribution is -0.384. The molecule has 0 spiro atoms. The van der Waals surface area contributed by atoms with E-state index in [0.29, 0.717) is 18.2 Å². The van der Waals surface area contributed by atoms with Gasteiger partial charge in [-0.2, -0.15) is 0 Å². The summed E-state index contributed by atoms with van der Waals surface area (Å²) in [6.07, 6.45) is 2.20. The lowest BCUT2D eigenvalue weighted by atomic mass is 10.1. The maximum absolute atomic E-state index is 11.0. The predicted molar refractivity (Wildman–Crippen MR) is 72.3 cm³/mol. The van der Waals surface area contributed by atoms with Crippen molar-refractivity contribution in [3.8, 4) is 0 Å². The number of anilines is 1. The van der Waals surface area contributed by atoms with Crippen LogP contribution in [-0.4, -0.2) is 17.5 Å². The van der Waals surface area contributed by atoms with Crippen molar-refractivity contribution in [3.63, 3.8) is 0 Å². The standard InChI is InChI=1S/C11H13Cl2N3O2/c12-7-3-9(11(16(17)18)4-8(7)13)15-10(5-14)6-1-2-6/h3-4,6,10,15H,1-2,5,14H2. The maximum atomic E-state index is 11.0. The number of nitro groups is 1. The molecule has 1 aromatic carbocycles. The average molecular weight is 290 g/mol. The van der Waals surface area contributed by atoms with Crippen LogP contribution in [0.15, 0.2) is 12.1 Å². The molecule has 0 aromatic heterocycles. The van der Waals surface area contributed by atoms with Crippen LogP contribution in [0, 0.1) is 16.0 Å². The number of halogens is 2. The average Bonchev–Trinajstić information content (AvgIpc) is 3.13. The van der Waals surface area contributed by atoms with Crippen molar-refractivity contribution in [1.29, 1.82) is 0 Å². The van der Waals surface area contributed by atoms with Gasteiger partial charge in [-0.25, -0.2) is 0 Å². The summed E-state index contributed by atoms with van der Waals surface area (Å²) in [6, 6.07) is 2.78. The van der Waals surface area contributed by atoms with Crippen molar-refractivity contribution >= 4 is 34.6 Å². The Labute approximate surface area is 114 Å². The Morgan fingerprint density at radius 1 is 1.44 bits per heavy atom. The van der Waals surface area contributed by atoms with E-state index in [9.17, 15) is 10.1 Å². The van der Waals surface area contributed by atoms with E-state index in [1.807, 2.05) is 0 Å². The summed E-state index contributed by atoms with van der Waals surface area (Å²) in [6.45, 7) is 0.433. The minimum atomic E-state index is -0.481. The molecule has 1 aliphatic carbocycles. The lowest BCUT2D eigenvalue weighted by Gasteiger charge is -2.17. The fourth-order valence-electron chi connectivity index (χ4n) is 1.87. The van der Waals surface area contributed by atoms with Crippen LogP contribution in [0.2, 0.25) is 10.0 Å². The van der Waals surface area contributed by atoms with Crippen molar-refractivity contribution in [3.05, 3.63) is 32.3 Å². The van der Waals surface area contributed by atoms with Crippen LogP contribution in [0.4, 0.5) is 11.4 Å². The van der Waals surface area contributed by atoms with Crippen LogP contribution in [0.1, 0.15) is 12.8 Å². The number of nitrogens with one attached hydrogen (secondary N) is 1. The van der Waals surface area contributed by atoms with E-state index >= 15 is 0 Å². The van der Waals surface area contributed by atoms with E-state index in [2.05, 4.69) is 5.32 Å². The molecule has 0 aliphatic heterocycles. The summed E-state index contributed by atoms with van der Waals surface area (Å²) in [4.78, 5) is 10.5. The van der Waals surface area contributed by atoms with E-state index < -0.39 is 4.92 Å². The molecule has 0 amide bonds. The number of hydrogen-bond donors (Lipinski definition) is 2. The number of nitrogens with two attached hydrogens (primary N) is 1. The van der Waals surface area contributed by atoms with Crippen LogP contribution >= 0.6 is 23.2 Å². The highest BCUT2D eigenvalue weighted by Gasteiger charge is 2.31. The molecule has 98 valence electrons. The number of nitrogens with zero attached hydrogens (tertiary/aromatic N) is 1. The smallest absolute Gasteiger partial charge is 0.293 e. The van der Waals surface area contributed by atoms with Crippen LogP contribution in [0.25, 0.3) is 0 Å².